The topological polar surface area (TPSA) is 65.1 Å². The van der Waals surface area contributed by atoms with Crippen molar-refractivity contribution in [3.63, 3.8) is 0 Å². The number of carbonyl (C=O) groups is 1. The largest absolute Gasteiger partial charge is 0.754 e. The lowest BCUT2D eigenvalue weighted by atomic mass is 9.87. The second-order valence-corrected chi connectivity index (χ2v) is 8.20. The first-order valence-corrected chi connectivity index (χ1v) is 10.5. The standard InChI is InChI=1S/C21H32ClN2O4/c1-23(2)14-4-3-5-15-27-19-10-6-17(7-11-19)16-24(26)21(25)28-20-12-8-18(22)9-13-20/h8-9,12-13,17,19H,3-7,10-11,14-16H2,1-2H3/q-1. The molecule has 1 aromatic rings. The van der Waals surface area contributed by atoms with Gasteiger partial charge in [-0.3, -0.25) is 0 Å². The third kappa shape index (κ3) is 8.78. The fourth-order valence-electron chi connectivity index (χ4n) is 3.40. The average Bonchev–Trinajstić information content (AvgIpc) is 2.67. The van der Waals surface area contributed by atoms with Gasteiger partial charge in [0.05, 0.1) is 6.10 Å². The first-order chi connectivity index (χ1) is 13.4. The fourth-order valence-corrected chi connectivity index (χ4v) is 3.53. The summed E-state index contributed by atoms with van der Waals surface area (Å²) in [7, 11) is 4.19. The van der Waals surface area contributed by atoms with Gasteiger partial charge in [0.2, 0.25) is 0 Å². The van der Waals surface area contributed by atoms with Gasteiger partial charge >= 0.3 is 6.09 Å². The molecular weight excluding hydrogens is 380 g/mol. The summed E-state index contributed by atoms with van der Waals surface area (Å²) in [5, 5.41) is 13.0. The smallest absolute Gasteiger partial charge is 0.404 e. The highest BCUT2D eigenvalue weighted by Crippen LogP contribution is 2.27. The predicted molar refractivity (Wildman–Crippen MR) is 112 cm³/mol. The molecule has 0 spiro atoms. The average molecular weight is 412 g/mol. The molecule has 1 aliphatic carbocycles. The van der Waals surface area contributed by atoms with E-state index in [1.165, 1.54) is 12.8 Å². The van der Waals surface area contributed by atoms with Crippen molar-refractivity contribution in [2.75, 3.05) is 33.8 Å². The third-order valence-electron chi connectivity index (χ3n) is 5.04. The predicted octanol–water partition coefficient (Wildman–Crippen LogP) is 4.95. The van der Waals surface area contributed by atoms with Crippen LogP contribution in [0.5, 0.6) is 5.75 Å². The van der Waals surface area contributed by atoms with Crippen LogP contribution in [0.1, 0.15) is 44.9 Å². The minimum atomic E-state index is -0.876. The van der Waals surface area contributed by atoms with Crippen LogP contribution in [0, 0.1) is 11.1 Å². The van der Waals surface area contributed by atoms with Crippen molar-refractivity contribution in [2.45, 2.75) is 51.0 Å². The lowest BCUT2D eigenvalue weighted by Gasteiger charge is -2.35. The minimum absolute atomic E-state index is 0.170. The molecule has 1 aromatic carbocycles. The number of hydrogen-bond acceptors (Lipinski definition) is 5. The van der Waals surface area contributed by atoms with E-state index in [-0.39, 0.29) is 18.6 Å². The Kier molecular flexibility index (Phi) is 10.1. The Balaban J connectivity index is 1.58. The number of benzene rings is 1. The minimum Gasteiger partial charge on any atom is -0.754 e. The lowest BCUT2D eigenvalue weighted by Crippen LogP contribution is -2.35. The van der Waals surface area contributed by atoms with Crippen molar-refractivity contribution in [3.8, 4) is 5.75 Å². The SMILES string of the molecule is CN(C)CCCCCOC1CCC(CN([O-])C(=O)Oc2ccc(Cl)cc2)CC1. The summed E-state index contributed by atoms with van der Waals surface area (Å²) in [5.41, 5.74) is 0. The number of amides is 1. The number of rotatable bonds is 10. The van der Waals surface area contributed by atoms with Crippen LogP contribution in [-0.4, -0.2) is 56.0 Å². The van der Waals surface area contributed by atoms with Crippen LogP contribution in [0.3, 0.4) is 0 Å². The highest BCUT2D eigenvalue weighted by atomic mass is 35.5. The van der Waals surface area contributed by atoms with Crippen LogP contribution in [0.4, 0.5) is 4.79 Å². The Morgan fingerprint density at radius 2 is 1.79 bits per heavy atom. The maximum absolute atomic E-state index is 12.1. The second kappa shape index (κ2) is 12.3. The van der Waals surface area contributed by atoms with E-state index in [2.05, 4.69) is 19.0 Å². The van der Waals surface area contributed by atoms with E-state index in [0.29, 0.717) is 15.8 Å². The number of halogens is 1. The molecule has 0 aliphatic heterocycles. The molecule has 0 atom stereocenters. The quantitative estimate of drug-likeness (QED) is 0.402. The molecule has 0 heterocycles. The Morgan fingerprint density at radius 3 is 2.43 bits per heavy atom. The van der Waals surface area contributed by atoms with Crippen LogP contribution in [0.15, 0.2) is 24.3 Å². The van der Waals surface area contributed by atoms with E-state index >= 15 is 0 Å². The summed E-state index contributed by atoms with van der Waals surface area (Å²) < 4.78 is 11.1. The molecular formula is C21H32ClN2O4-. The maximum atomic E-state index is 12.1. The Morgan fingerprint density at radius 1 is 1.11 bits per heavy atom. The van der Waals surface area contributed by atoms with Gasteiger partial charge in [-0.25, -0.2) is 4.79 Å². The van der Waals surface area contributed by atoms with Crippen molar-refractivity contribution >= 4 is 17.7 Å². The van der Waals surface area contributed by atoms with Gasteiger partial charge in [-0.2, -0.15) is 0 Å². The van der Waals surface area contributed by atoms with Crippen LogP contribution >= 0.6 is 11.6 Å². The number of hydroxylamine groups is 2. The molecule has 1 amide bonds. The van der Waals surface area contributed by atoms with Crippen LogP contribution in [-0.2, 0) is 4.74 Å². The maximum Gasteiger partial charge on any atom is 0.404 e. The summed E-state index contributed by atoms with van der Waals surface area (Å²) in [6, 6.07) is 6.36. The van der Waals surface area contributed by atoms with Gasteiger partial charge in [0.1, 0.15) is 5.75 Å². The molecule has 1 saturated carbocycles. The molecule has 1 aliphatic rings. The van der Waals surface area contributed by atoms with Crippen molar-refractivity contribution in [3.05, 3.63) is 34.5 Å². The van der Waals surface area contributed by atoms with E-state index in [1.807, 2.05) is 0 Å². The monoisotopic (exact) mass is 411 g/mol. The molecule has 28 heavy (non-hydrogen) atoms. The van der Waals surface area contributed by atoms with E-state index in [1.54, 1.807) is 24.3 Å². The zero-order chi connectivity index (χ0) is 20.4. The Labute approximate surface area is 173 Å². The zero-order valence-corrected chi connectivity index (χ0v) is 17.7. The van der Waals surface area contributed by atoms with Gasteiger partial charge in [0.15, 0.2) is 0 Å². The van der Waals surface area contributed by atoms with Gasteiger partial charge in [-0.1, -0.05) is 11.6 Å². The molecule has 0 aromatic heterocycles. The number of hydrogen-bond donors (Lipinski definition) is 0. The molecule has 6 nitrogen and oxygen atoms in total. The van der Waals surface area contributed by atoms with E-state index in [4.69, 9.17) is 21.1 Å². The first-order valence-electron chi connectivity index (χ1n) is 10.1. The molecule has 0 unspecified atom stereocenters. The highest BCUT2D eigenvalue weighted by molar-refractivity contribution is 6.30. The van der Waals surface area contributed by atoms with Crippen molar-refractivity contribution in [2.24, 2.45) is 5.92 Å². The number of unbranched alkanes of at least 4 members (excludes halogenated alkanes) is 2. The number of nitrogens with zero attached hydrogens (tertiary/aromatic N) is 2. The highest BCUT2D eigenvalue weighted by Gasteiger charge is 2.23. The molecule has 1 fully saturated rings. The summed E-state index contributed by atoms with van der Waals surface area (Å²) >= 11 is 5.79. The van der Waals surface area contributed by atoms with E-state index in [9.17, 15) is 10.0 Å². The van der Waals surface area contributed by atoms with Crippen LogP contribution in [0.2, 0.25) is 5.02 Å². The summed E-state index contributed by atoms with van der Waals surface area (Å²) in [6.45, 7) is 2.10. The lowest BCUT2D eigenvalue weighted by molar-refractivity contribution is 0.0140. The van der Waals surface area contributed by atoms with Gasteiger partial charge in [0, 0.05) is 18.2 Å². The first kappa shape index (κ1) is 22.9. The molecule has 0 saturated heterocycles. The van der Waals surface area contributed by atoms with E-state index < -0.39 is 6.09 Å². The van der Waals surface area contributed by atoms with Gasteiger partial charge in [0.25, 0.3) is 0 Å². The summed E-state index contributed by atoms with van der Waals surface area (Å²) in [5.74, 6) is 0.521. The van der Waals surface area contributed by atoms with Gasteiger partial charge in [-0.05, 0) is 95.8 Å². The second-order valence-electron chi connectivity index (χ2n) is 7.76. The molecule has 2 rings (SSSR count). The summed E-state index contributed by atoms with van der Waals surface area (Å²) in [4.78, 5) is 14.1. The molecule has 0 bridgehead atoms. The van der Waals surface area contributed by atoms with Crippen molar-refractivity contribution in [1.29, 1.82) is 0 Å². The summed E-state index contributed by atoms with van der Waals surface area (Å²) in [6.07, 6.45) is 6.59. The van der Waals surface area contributed by atoms with Gasteiger partial charge < -0.3 is 24.6 Å². The normalized spacial score (nSPS) is 19.6. The fraction of sp³-hybridized carbons (Fsp3) is 0.667. The number of ether oxygens (including phenoxy) is 2. The van der Waals surface area contributed by atoms with Crippen molar-refractivity contribution < 1.29 is 14.3 Å². The third-order valence-corrected chi connectivity index (χ3v) is 5.30. The molecule has 158 valence electrons. The molecule has 7 heteroatoms. The van der Waals surface area contributed by atoms with E-state index in [0.717, 1.165) is 45.3 Å². The Bertz CT molecular complexity index is 574. The Hall–Kier alpha value is -1.34. The zero-order valence-electron chi connectivity index (χ0n) is 16.9. The van der Waals surface area contributed by atoms with Crippen molar-refractivity contribution in [1.82, 2.24) is 9.96 Å². The van der Waals surface area contributed by atoms with Gasteiger partial charge in [-0.15, -0.1) is 0 Å². The number of carbonyl (C=O) groups excluding carboxylic acids is 1. The molecule has 0 radical (unpaired) electrons. The van der Waals surface area contributed by atoms with Crippen LogP contribution < -0.4 is 4.74 Å². The van der Waals surface area contributed by atoms with Crippen LogP contribution in [0.25, 0.3) is 0 Å². The molecule has 0 N–H and O–H groups in total.